The van der Waals surface area contributed by atoms with Gasteiger partial charge in [0.1, 0.15) is 0 Å². The van der Waals surface area contributed by atoms with Crippen LogP contribution in [0.3, 0.4) is 0 Å². The zero-order valence-corrected chi connectivity index (χ0v) is 11.8. The summed E-state index contributed by atoms with van der Waals surface area (Å²) in [6.45, 7) is 4.30. The molecule has 1 aliphatic rings. The molecular formula is C16H23NO2. The van der Waals surface area contributed by atoms with Crippen LogP contribution in [-0.4, -0.2) is 17.6 Å². The standard InChI is InChI=1S/C16H23NO2/c1-11-5-12(2)7-14(6-11)9-16(10-17,15(18)19)8-13-3-4-13/h5-7,13H,3-4,8-10,17H2,1-2H3,(H,18,19). The van der Waals surface area contributed by atoms with Crippen LogP contribution in [0.4, 0.5) is 0 Å². The summed E-state index contributed by atoms with van der Waals surface area (Å²) in [6, 6.07) is 6.26. The molecule has 0 bridgehead atoms. The fraction of sp³-hybridized carbons (Fsp3) is 0.562. The average Bonchev–Trinajstić information content (AvgIpc) is 3.10. The van der Waals surface area contributed by atoms with Gasteiger partial charge in [0.2, 0.25) is 0 Å². The van der Waals surface area contributed by atoms with Crippen LogP contribution < -0.4 is 5.73 Å². The molecule has 0 spiro atoms. The number of hydrogen-bond acceptors (Lipinski definition) is 2. The molecule has 0 heterocycles. The van der Waals surface area contributed by atoms with Gasteiger partial charge < -0.3 is 10.8 Å². The molecule has 19 heavy (non-hydrogen) atoms. The number of rotatable bonds is 6. The predicted octanol–water partition coefficient (Wildman–Crippen LogP) is 2.68. The van der Waals surface area contributed by atoms with Gasteiger partial charge in [-0.05, 0) is 38.2 Å². The zero-order chi connectivity index (χ0) is 14.0. The van der Waals surface area contributed by atoms with Gasteiger partial charge in [-0.1, -0.05) is 42.2 Å². The Balaban J connectivity index is 2.25. The third kappa shape index (κ3) is 3.35. The van der Waals surface area contributed by atoms with Crippen molar-refractivity contribution in [2.75, 3.05) is 6.54 Å². The molecule has 1 saturated carbocycles. The highest BCUT2D eigenvalue weighted by Crippen LogP contribution is 2.42. The molecule has 3 heteroatoms. The van der Waals surface area contributed by atoms with Crippen molar-refractivity contribution in [3.8, 4) is 0 Å². The highest BCUT2D eigenvalue weighted by atomic mass is 16.4. The first-order valence-electron chi connectivity index (χ1n) is 6.96. The second-order valence-electron chi connectivity index (χ2n) is 6.11. The highest BCUT2D eigenvalue weighted by molar-refractivity contribution is 5.75. The summed E-state index contributed by atoms with van der Waals surface area (Å²) in [4.78, 5) is 11.7. The van der Waals surface area contributed by atoms with E-state index in [0.29, 0.717) is 18.8 Å². The van der Waals surface area contributed by atoms with E-state index in [4.69, 9.17) is 5.73 Å². The molecule has 1 fully saturated rings. The van der Waals surface area contributed by atoms with Crippen LogP contribution in [-0.2, 0) is 11.2 Å². The molecule has 3 nitrogen and oxygen atoms in total. The van der Waals surface area contributed by atoms with E-state index in [2.05, 4.69) is 18.2 Å². The second-order valence-corrected chi connectivity index (χ2v) is 6.11. The van der Waals surface area contributed by atoms with Crippen LogP contribution in [0.2, 0.25) is 0 Å². The van der Waals surface area contributed by atoms with Crippen LogP contribution >= 0.6 is 0 Å². The molecule has 0 aromatic heterocycles. The van der Waals surface area contributed by atoms with E-state index in [1.807, 2.05) is 13.8 Å². The van der Waals surface area contributed by atoms with Gasteiger partial charge in [0.25, 0.3) is 0 Å². The minimum atomic E-state index is -0.790. The smallest absolute Gasteiger partial charge is 0.311 e. The SMILES string of the molecule is Cc1cc(C)cc(CC(CN)(CC2CC2)C(=O)O)c1. The van der Waals surface area contributed by atoms with Crippen molar-refractivity contribution < 1.29 is 9.90 Å². The monoisotopic (exact) mass is 261 g/mol. The third-order valence-corrected chi connectivity index (χ3v) is 4.04. The molecule has 1 atom stereocenters. The van der Waals surface area contributed by atoms with Crippen LogP contribution in [0.15, 0.2) is 18.2 Å². The first-order valence-corrected chi connectivity index (χ1v) is 6.96. The maximum atomic E-state index is 11.7. The van der Waals surface area contributed by atoms with Crippen molar-refractivity contribution in [1.82, 2.24) is 0 Å². The topological polar surface area (TPSA) is 63.3 Å². The van der Waals surface area contributed by atoms with Crippen molar-refractivity contribution in [3.05, 3.63) is 34.9 Å². The Morgan fingerprint density at radius 2 is 1.89 bits per heavy atom. The van der Waals surface area contributed by atoms with E-state index in [9.17, 15) is 9.90 Å². The lowest BCUT2D eigenvalue weighted by Gasteiger charge is -2.28. The first kappa shape index (κ1) is 14.1. The van der Waals surface area contributed by atoms with E-state index in [1.165, 1.54) is 11.1 Å². The fourth-order valence-electron chi connectivity index (χ4n) is 2.91. The van der Waals surface area contributed by atoms with Crippen LogP contribution in [0.1, 0.15) is 36.0 Å². The van der Waals surface area contributed by atoms with E-state index in [0.717, 1.165) is 18.4 Å². The van der Waals surface area contributed by atoms with Crippen molar-refractivity contribution >= 4 is 5.97 Å². The van der Waals surface area contributed by atoms with Crippen molar-refractivity contribution in [1.29, 1.82) is 0 Å². The van der Waals surface area contributed by atoms with Crippen LogP contribution in [0.5, 0.6) is 0 Å². The number of benzene rings is 1. The normalized spacial score (nSPS) is 18.1. The average molecular weight is 261 g/mol. The number of carboxylic acid groups (broad SMARTS) is 1. The zero-order valence-electron chi connectivity index (χ0n) is 11.8. The summed E-state index contributed by atoms with van der Waals surface area (Å²) in [5.74, 6) is -0.188. The minimum Gasteiger partial charge on any atom is -0.481 e. The molecule has 104 valence electrons. The molecule has 2 rings (SSSR count). The lowest BCUT2D eigenvalue weighted by molar-refractivity contribution is -0.149. The van der Waals surface area contributed by atoms with E-state index in [1.54, 1.807) is 0 Å². The molecule has 3 N–H and O–H groups in total. The molecule has 0 amide bonds. The largest absolute Gasteiger partial charge is 0.481 e. The van der Waals surface area contributed by atoms with Gasteiger partial charge >= 0.3 is 5.97 Å². The Morgan fingerprint density at radius 3 is 2.32 bits per heavy atom. The van der Waals surface area contributed by atoms with Crippen LogP contribution in [0, 0.1) is 25.2 Å². The number of aliphatic carboxylic acids is 1. The summed E-state index contributed by atoms with van der Waals surface area (Å²) in [5.41, 5.74) is 8.48. The molecule has 1 unspecified atom stereocenters. The van der Waals surface area contributed by atoms with E-state index in [-0.39, 0.29) is 6.54 Å². The van der Waals surface area contributed by atoms with Crippen molar-refractivity contribution in [3.63, 3.8) is 0 Å². The minimum absolute atomic E-state index is 0.214. The predicted molar refractivity (Wildman–Crippen MR) is 76.1 cm³/mol. The maximum absolute atomic E-state index is 11.7. The van der Waals surface area contributed by atoms with Gasteiger partial charge in [0.05, 0.1) is 5.41 Å². The molecule has 0 aliphatic heterocycles. The third-order valence-electron chi connectivity index (χ3n) is 4.04. The summed E-state index contributed by atoms with van der Waals surface area (Å²) < 4.78 is 0. The van der Waals surface area contributed by atoms with Crippen molar-refractivity contribution in [2.45, 2.75) is 39.5 Å². The van der Waals surface area contributed by atoms with Gasteiger partial charge in [0.15, 0.2) is 0 Å². The Morgan fingerprint density at radius 1 is 1.32 bits per heavy atom. The number of hydrogen-bond donors (Lipinski definition) is 2. The quantitative estimate of drug-likeness (QED) is 0.827. The van der Waals surface area contributed by atoms with Crippen molar-refractivity contribution in [2.24, 2.45) is 17.1 Å². The maximum Gasteiger partial charge on any atom is 0.311 e. The van der Waals surface area contributed by atoms with E-state index >= 15 is 0 Å². The summed E-state index contributed by atoms with van der Waals surface area (Å²) in [5, 5.41) is 9.62. The molecule has 0 radical (unpaired) electrons. The number of nitrogens with two attached hydrogens (primary N) is 1. The fourth-order valence-corrected chi connectivity index (χ4v) is 2.91. The summed E-state index contributed by atoms with van der Waals surface area (Å²) in [7, 11) is 0. The summed E-state index contributed by atoms with van der Waals surface area (Å²) in [6.07, 6.45) is 3.56. The van der Waals surface area contributed by atoms with Gasteiger partial charge in [-0.2, -0.15) is 0 Å². The van der Waals surface area contributed by atoms with E-state index < -0.39 is 11.4 Å². The second kappa shape index (κ2) is 5.33. The van der Waals surface area contributed by atoms with Gasteiger partial charge in [-0.25, -0.2) is 0 Å². The molecule has 0 saturated heterocycles. The molecule has 1 aromatic rings. The lowest BCUT2D eigenvalue weighted by Crippen LogP contribution is -2.41. The van der Waals surface area contributed by atoms with Gasteiger partial charge in [-0.3, -0.25) is 4.79 Å². The highest BCUT2D eigenvalue weighted by Gasteiger charge is 2.42. The molecule has 1 aromatic carbocycles. The first-order chi connectivity index (χ1) is 8.95. The number of aryl methyl sites for hydroxylation is 2. The van der Waals surface area contributed by atoms with Gasteiger partial charge in [-0.15, -0.1) is 0 Å². The molecule has 1 aliphatic carbocycles. The summed E-state index contributed by atoms with van der Waals surface area (Å²) >= 11 is 0. The number of carboxylic acids is 1. The molecular weight excluding hydrogens is 238 g/mol. The van der Waals surface area contributed by atoms with Crippen LogP contribution in [0.25, 0.3) is 0 Å². The Kier molecular flexibility index (Phi) is 3.95. The Labute approximate surface area is 114 Å². The Bertz CT molecular complexity index is 459. The number of carbonyl (C=O) groups is 1. The Hall–Kier alpha value is -1.35. The van der Waals surface area contributed by atoms with Gasteiger partial charge in [0, 0.05) is 6.54 Å². The lowest BCUT2D eigenvalue weighted by atomic mass is 9.77.